The van der Waals surface area contributed by atoms with Crippen molar-refractivity contribution in [2.75, 3.05) is 5.48 Å². The molecule has 1 N–H and O–H groups in total. The maximum absolute atomic E-state index is 4.62. The number of hydrogen-bond acceptors (Lipinski definition) is 4. The van der Waals surface area contributed by atoms with Crippen LogP contribution in [0.15, 0.2) is 18.3 Å². The molecule has 0 radical (unpaired) electrons. The molecule has 0 saturated carbocycles. The molecule has 0 spiro atoms. The van der Waals surface area contributed by atoms with Crippen LogP contribution in [0.4, 0.5) is 5.82 Å². The van der Waals surface area contributed by atoms with Crippen molar-refractivity contribution in [2.24, 2.45) is 0 Å². The maximum Gasteiger partial charge on any atom is 0.212 e. The van der Waals surface area contributed by atoms with E-state index in [0.717, 1.165) is 0 Å². The fraction of sp³-hybridized carbons (Fsp3) is 0. The Hall–Kier alpha value is -1.29. The van der Waals surface area contributed by atoms with E-state index in [9.17, 15) is 0 Å². The number of rotatable bonds is 0. The second-order valence-corrected chi connectivity index (χ2v) is 1.62. The highest BCUT2D eigenvalue weighted by atomic mass is 17.3. The van der Waals surface area contributed by atoms with Crippen LogP contribution in [0, 0.1) is 0 Å². The van der Waals surface area contributed by atoms with Gasteiger partial charge < -0.3 is 4.89 Å². The molecular formula is C5H4N2O2. The van der Waals surface area contributed by atoms with Crippen LogP contribution in [0.1, 0.15) is 0 Å². The Morgan fingerprint density at radius 1 is 1.56 bits per heavy atom. The van der Waals surface area contributed by atoms with Gasteiger partial charge in [0.15, 0.2) is 5.82 Å². The molecule has 0 bridgehead atoms. The zero-order chi connectivity index (χ0) is 6.10. The highest BCUT2D eigenvalue weighted by Gasteiger charge is 2.11. The number of nitrogens with zero attached hydrogens (tertiary/aromatic N) is 1. The highest BCUT2D eigenvalue weighted by Crippen LogP contribution is 2.25. The van der Waals surface area contributed by atoms with Crippen LogP contribution in [0.25, 0.3) is 0 Å². The number of fused-ring (bicyclic) bond motifs is 1. The van der Waals surface area contributed by atoms with Gasteiger partial charge in [-0.3, -0.25) is 0 Å². The van der Waals surface area contributed by atoms with Crippen LogP contribution in [0.5, 0.6) is 5.75 Å². The minimum atomic E-state index is 0.623. The van der Waals surface area contributed by atoms with E-state index in [2.05, 4.69) is 20.3 Å². The lowest BCUT2D eigenvalue weighted by Crippen LogP contribution is -1.92. The zero-order valence-electron chi connectivity index (χ0n) is 4.50. The van der Waals surface area contributed by atoms with Crippen LogP contribution in [-0.2, 0) is 4.99 Å². The lowest BCUT2D eigenvalue weighted by molar-refractivity contribution is -0.160. The summed E-state index contributed by atoms with van der Waals surface area (Å²) >= 11 is 0. The smallest absolute Gasteiger partial charge is 0.212 e. The van der Waals surface area contributed by atoms with E-state index in [1.54, 1.807) is 18.3 Å². The highest BCUT2D eigenvalue weighted by molar-refractivity contribution is 5.48. The minimum Gasteiger partial charge on any atom is -0.310 e. The molecule has 0 fully saturated rings. The van der Waals surface area contributed by atoms with Crippen LogP contribution in [0.3, 0.4) is 0 Å². The van der Waals surface area contributed by atoms with Crippen LogP contribution >= 0.6 is 0 Å². The lowest BCUT2D eigenvalue weighted by atomic mass is 10.4. The molecule has 1 aromatic heterocycles. The van der Waals surface area contributed by atoms with E-state index in [1.807, 2.05) is 0 Å². The molecule has 0 unspecified atom stereocenters. The Balaban J connectivity index is 2.54. The number of nitrogens with one attached hydrogen (secondary N) is 1. The van der Waals surface area contributed by atoms with E-state index in [-0.39, 0.29) is 0 Å². The number of aromatic nitrogens is 1. The average Bonchev–Trinajstić information content (AvgIpc) is 2.33. The van der Waals surface area contributed by atoms with Gasteiger partial charge in [0.05, 0.1) is 0 Å². The summed E-state index contributed by atoms with van der Waals surface area (Å²) in [7, 11) is 0. The second-order valence-electron chi connectivity index (χ2n) is 1.62. The number of hydrogen-bond donors (Lipinski definition) is 1. The molecule has 0 aliphatic carbocycles. The largest absolute Gasteiger partial charge is 0.310 e. The number of anilines is 1. The molecule has 1 aliphatic rings. The van der Waals surface area contributed by atoms with Gasteiger partial charge in [0.1, 0.15) is 0 Å². The lowest BCUT2D eigenvalue weighted by Gasteiger charge is -1.85. The van der Waals surface area contributed by atoms with E-state index >= 15 is 0 Å². The predicted octanol–water partition coefficient (Wildman–Crippen LogP) is 0.732. The van der Waals surface area contributed by atoms with Crippen molar-refractivity contribution in [1.82, 2.24) is 4.98 Å². The molecule has 4 heteroatoms. The summed E-state index contributed by atoms with van der Waals surface area (Å²) in [5.41, 5.74) is 2.47. The van der Waals surface area contributed by atoms with Gasteiger partial charge in [-0.15, -0.1) is 0 Å². The van der Waals surface area contributed by atoms with Crippen molar-refractivity contribution < 1.29 is 9.88 Å². The Morgan fingerprint density at radius 2 is 2.56 bits per heavy atom. The molecule has 2 heterocycles. The van der Waals surface area contributed by atoms with Crippen molar-refractivity contribution in [1.29, 1.82) is 0 Å². The van der Waals surface area contributed by atoms with Gasteiger partial charge in [0, 0.05) is 6.20 Å². The van der Waals surface area contributed by atoms with Crippen molar-refractivity contribution >= 4 is 5.82 Å². The maximum atomic E-state index is 4.62. The van der Waals surface area contributed by atoms with Gasteiger partial charge in [-0.05, 0) is 12.1 Å². The first-order chi connectivity index (χ1) is 4.47. The van der Waals surface area contributed by atoms with Crippen LogP contribution < -0.4 is 10.4 Å². The topological polar surface area (TPSA) is 43.4 Å². The second kappa shape index (κ2) is 1.60. The SMILES string of the molecule is c1cnc2c(c1)OON2. The average molecular weight is 124 g/mol. The summed E-state index contributed by atoms with van der Waals surface area (Å²) in [6.07, 6.45) is 1.66. The monoisotopic (exact) mass is 124 g/mol. The quantitative estimate of drug-likeness (QED) is 0.518. The minimum absolute atomic E-state index is 0.623. The third-order valence-corrected chi connectivity index (χ3v) is 1.04. The van der Waals surface area contributed by atoms with E-state index in [4.69, 9.17) is 0 Å². The van der Waals surface area contributed by atoms with Gasteiger partial charge in [-0.1, -0.05) is 4.99 Å². The van der Waals surface area contributed by atoms with Crippen molar-refractivity contribution in [3.63, 3.8) is 0 Å². The Morgan fingerprint density at radius 3 is 3.44 bits per heavy atom. The summed E-state index contributed by atoms with van der Waals surface area (Å²) in [6, 6.07) is 3.54. The Kier molecular flexibility index (Phi) is 0.811. The first-order valence-electron chi connectivity index (χ1n) is 2.51. The fourth-order valence-electron chi connectivity index (χ4n) is 0.640. The zero-order valence-corrected chi connectivity index (χ0v) is 4.50. The van der Waals surface area contributed by atoms with Crippen molar-refractivity contribution in [2.45, 2.75) is 0 Å². The molecule has 0 amide bonds. The standard InChI is InChI=1S/C5H4N2O2/c1-2-4-5(6-3-1)7-9-8-4/h1-3H,(H,6,7). The summed E-state index contributed by atoms with van der Waals surface area (Å²) in [4.78, 5) is 12.9. The van der Waals surface area contributed by atoms with Crippen molar-refractivity contribution in [3.05, 3.63) is 18.3 Å². The molecule has 4 nitrogen and oxygen atoms in total. The van der Waals surface area contributed by atoms with E-state index in [0.29, 0.717) is 11.6 Å². The molecule has 46 valence electrons. The molecule has 1 aromatic rings. The normalized spacial score (nSPS) is 13.8. The first-order valence-corrected chi connectivity index (χ1v) is 2.51. The van der Waals surface area contributed by atoms with Gasteiger partial charge in [0.2, 0.25) is 5.75 Å². The third-order valence-electron chi connectivity index (χ3n) is 1.04. The summed E-state index contributed by atoms with van der Waals surface area (Å²) < 4.78 is 0. The van der Waals surface area contributed by atoms with E-state index in [1.165, 1.54) is 0 Å². The van der Waals surface area contributed by atoms with Gasteiger partial charge in [-0.2, -0.15) is 0 Å². The van der Waals surface area contributed by atoms with Crippen molar-refractivity contribution in [3.8, 4) is 5.75 Å². The molecule has 1 aliphatic heterocycles. The molecule has 0 aromatic carbocycles. The van der Waals surface area contributed by atoms with Crippen LogP contribution in [0.2, 0.25) is 0 Å². The molecular weight excluding hydrogens is 120 g/mol. The fourth-order valence-corrected chi connectivity index (χ4v) is 0.640. The Labute approximate surface area is 51.3 Å². The summed E-state index contributed by atoms with van der Waals surface area (Å²) in [6.45, 7) is 0. The van der Waals surface area contributed by atoms with Gasteiger partial charge >= 0.3 is 0 Å². The molecule has 9 heavy (non-hydrogen) atoms. The van der Waals surface area contributed by atoms with Gasteiger partial charge in [0.25, 0.3) is 0 Å². The summed E-state index contributed by atoms with van der Waals surface area (Å²) in [5, 5.41) is 0. The van der Waals surface area contributed by atoms with Crippen LogP contribution in [-0.4, -0.2) is 4.98 Å². The molecule has 0 atom stereocenters. The first kappa shape index (κ1) is 4.58. The molecule has 0 saturated heterocycles. The van der Waals surface area contributed by atoms with E-state index < -0.39 is 0 Å². The summed E-state index contributed by atoms with van der Waals surface area (Å²) in [5.74, 6) is 1.25. The van der Waals surface area contributed by atoms with Gasteiger partial charge in [-0.25, -0.2) is 10.5 Å². The third kappa shape index (κ3) is 0.603. The molecule has 2 rings (SSSR count). The predicted molar refractivity (Wildman–Crippen MR) is 29.6 cm³/mol. The Bertz CT molecular complexity index is 203. The number of pyridine rings is 1.